The molecule has 2 aromatic rings. The minimum absolute atomic E-state index is 0.00717. The summed E-state index contributed by atoms with van der Waals surface area (Å²) in [7, 11) is 0. The molecule has 2 saturated heterocycles. The van der Waals surface area contributed by atoms with Gasteiger partial charge in [-0.1, -0.05) is 56.3 Å². The molecular weight excluding hydrogens is 414 g/mol. The van der Waals surface area contributed by atoms with Crippen molar-refractivity contribution in [3.8, 4) is 0 Å². The maximum atomic E-state index is 13.2. The summed E-state index contributed by atoms with van der Waals surface area (Å²) in [4.78, 5) is 30.4. The Morgan fingerprint density at radius 1 is 0.970 bits per heavy atom. The molecule has 2 heterocycles. The van der Waals surface area contributed by atoms with Gasteiger partial charge in [-0.2, -0.15) is 0 Å². The Labute approximate surface area is 196 Å². The first kappa shape index (κ1) is 23.5. The second-order valence-corrected chi connectivity index (χ2v) is 9.67. The van der Waals surface area contributed by atoms with Gasteiger partial charge in [0.05, 0.1) is 30.4 Å². The van der Waals surface area contributed by atoms with E-state index in [1.54, 1.807) is 6.07 Å². The maximum Gasteiger partial charge on any atom is 0.255 e. The van der Waals surface area contributed by atoms with Gasteiger partial charge < -0.3 is 15.0 Å². The molecule has 0 aliphatic carbocycles. The molecule has 0 bridgehead atoms. The van der Waals surface area contributed by atoms with Crippen LogP contribution in [0.1, 0.15) is 42.6 Å². The molecule has 6 heteroatoms. The van der Waals surface area contributed by atoms with Crippen molar-refractivity contribution in [2.75, 3.05) is 38.1 Å². The molecule has 1 N–H and O–H groups in total. The number of piperidine rings is 1. The summed E-state index contributed by atoms with van der Waals surface area (Å²) in [5.74, 6) is 0.845. The van der Waals surface area contributed by atoms with Gasteiger partial charge in [-0.05, 0) is 36.0 Å². The summed E-state index contributed by atoms with van der Waals surface area (Å²) >= 11 is 0. The average Bonchev–Trinajstić information content (AvgIpc) is 2.79. The number of hydrogen-bond donors (Lipinski definition) is 1. The minimum Gasteiger partial charge on any atom is -0.375 e. The van der Waals surface area contributed by atoms with Crippen molar-refractivity contribution in [2.24, 2.45) is 11.8 Å². The van der Waals surface area contributed by atoms with Crippen LogP contribution in [0.3, 0.4) is 0 Å². The first-order chi connectivity index (χ1) is 16.0. The SMILES string of the molecule is CC1CC(C)CN(C(=O)c2ccccc2NC(=O)CC2CN(Cc3ccccc3)CCO2)C1. The van der Waals surface area contributed by atoms with Crippen LogP contribution in [0.2, 0.25) is 0 Å². The predicted molar refractivity (Wildman–Crippen MR) is 130 cm³/mol. The third kappa shape index (κ3) is 6.42. The molecule has 2 aliphatic rings. The molecular formula is C27H35N3O3. The number of hydrogen-bond acceptors (Lipinski definition) is 4. The zero-order valence-corrected chi connectivity index (χ0v) is 19.7. The van der Waals surface area contributed by atoms with Crippen molar-refractivity contribution < 1.29 is 14.3 Å². The Morgan fingerprint density at radius 3 is 2.42 bits per heavy atom. The highest BCUT2D eigenvalue weighted by Crippen LogP contribution is 2.25. The van der Waals surface area contributed by atoms with Crippen molar-refractivity contribution in [3.63, 3.8) is 0 Å². The van der Waals surface area contributed by atoms with Crippen LogP contribution in [-0.4, -0.2) is 60.5 Å². The fourth-order valence-electron chi connectivity index (χ4n) is 5.07. The van der Waals surface area contributed by atoms with Gasteiger partial charge in [0.1, 0.15) is 0 Å². The van der Waals surface area contributed by atoms with E-state index in [2.05, 4.69) is 36.2 Å². The van der Waals surface area contributed by atoms with Crippen LogP contribution < -0.4 is 5.32 Å². The Morgan fingerprint density at radius 2 is 1.67 bits per heavy atom. The van der Waals surface area contributed by atoms with E-state index in [1.165, 1.54) is 5.56 Å². The van der Waals surface area contributed by atoms with Crippen LogP contribution in [0.5, 0.6) is 0 Å². The number of likely N-dealkylation sites (tertiary alicyclic amines) is 1. The van der Waals surface area contributed by atoms with Crippen LogP contribution in [0.25, 0.3) is 0 Å². The smallest absolute Gasteiger partial charge is 0.255 e. The number of anilines is 1. The van der Waals surface area contributed by atoms with Gasteiger partial charge >= 0.3 is 0 Å². The molecule has 6 nitrogen and oxygen atoms in total. The van der Waals surface area contributed by atoms with E-state index in [9.17, 15) is 9.59 Å². The molecule has 0 spiro atoms. The Kier molecular flexibility index (Phi) is 7.78. The van der Waals surface area contributed by atoms with Crippen molar-refractivity contribution in [1.82, 2.24) is 9.80 Å². The second-order valence-electron chi connectivity index (χ2n) is 9.67. The third-order valence-electron chi connectivity index (χ3n) is 6.47. The highest BCUT2D eigenvalue weighted by molar-refractivity contribution is 6.03. The molecule has 0 saturated carbocycles. The van der Waals surface area contributed by atoms with E-state index < -0.39 is 0 Å². The van der Waals surface area contributed by atoms with E-state index in [4.69, 9.17) is 4.74 Å². The lowest BCUT2D eigenvalue weighted by atomic mass is 9.91. The summed E-state index contributed by atoms with van der Waals surface area (Å²) in [6, 6.07) is 17.7. The number of ether oxygens (including phenoxy) is 1. The van der Waals surface area contributed by atoms with Crippen LogP contribution >= 0.6 is 0 Å². The van der Waals surface area contributed by atoms with E-state index in [1.807, 2.05) is 41.3 Å². The lowest BCUT2D eigenvalue weighted by Crippen LogP contribution is -2.43. The highest BCUT2D eigenvalue weighted by atomic mass is 16.5. The molecule has 4 rings (SSSR count). The molecule has 0 radical (unpaired) electrons. The molecule has 2 aromatic carbocycles. The molecule has 2 amide bonds. The van der Waals surface area contributed by atoms with Crippen LogP contribution in [0, 0.1) is 11.8 Å². The maximum absolute atomic E-state index is 13.2. The number of nitrogens with zero attached hydrogens (tertiary/aromatic N) is 2. The van der Waals surface area contributed by atoms with E-state index in [-0.39, 0.29) is 24.3 Å². The molecule has 33 heavy (non-hydrogen) atoms. The number of para-hydroxylation sites is 1. The number of morpholine rings is 1. The van der Waals surface area contributed by atoms with Gasteiger partial charge in [0, 0.05) is 32.7 Å². The van der Waals surface area contributed by atoms with Gasteiger partial charge in [0.2, 0.25) is 5.91 Å². The van der Waals surface area contributed by atoms with Gasteiger partial charge in [-0.15, -0.1) is 0 Å². The van der Waals surface area contributed by atoms with Crippen LogP contribution in [0.4, 0.5) is 5.69 Å². The zero-order valence-electron chi connectivity index (χ0n) is 19.7. The summed E-state index contributed by atoms with van der Waals surface area (Å²) < 4.78 is 5.87. The Balaban J connectivity index is 1.35. The third-order valence-corrected chi connectivity index (χ3v) is 6.47. The Hall–Kier alpha value is -2.70. The standard InChI is InChI=1S/C27H35N3O3/c1-20-14-21(2)17-30(16-20)27(32)24-10-6-7-11-25(24)28-26(31)15-23-19-29(12-13-33-23)18-22-8-4-3-5-9-22/h3-11,20-21,23H,12-19H2,1-2H3,(H,28,31). The number of carbonyl (C=O) groups excluding carboxylic acids is 2. The quantitative estimate of drug-likeness (QED) is 0.723. The lowest BCUT2D eigenvalue weighted by molar-refractivity contribution is -0.121. The van der Waals surface area contributed by atoms with Crippen LogP contribution in [-0.2, 0) is 16.1 Å². The minimum atomic E-state index is -0.158. The average molecular weight is 450 g/mol. The van der Waals surface area contributed by atoms with E-state index in [0.717, 1.165) is 32.6 Å². The fourth-order valence-corrected chi connectivity index (χ4v) is 5.07. The van der Waals surface area contributed by atoms with Crippen molar-refractivity contribution >= 4 is 17.5 Å². The zero-order chi connectivity index (χ0) is 23.2. The van der Waals surface area contributed by atoms with Crippen LogP contribution in [0.15, 0.2) is 54.6 Å². The van der Waals surface area contributed by atoms with Crippen molar-refractivity contribution in [1.29, 1.82) is 0 Å². The largest absolute Gasteiger partial charge is 0.375 e. The highest BCUT2D eigenvalue weighted by Gasteiger charge is 2.28. The lowest BCUT2D eigenvalue weighted by Gasteiger charge is -2.35. The molecule has 0 aromatic heterocycles. The molecule has 176 valence electrons. The second kappa shape index (κ2) is 10.9. The molecule has 3 unspecified atom stereocenters. The van der Waals surface area contributed by atoms with E-state index >= 15 is 0 Å². The topological polar surface area (TPSA) is 61.9 Å². The first-order valence-electron chi connectivity index (χ1n) is 12.0. The van der Waals surface area contributed by atoms with Crippen molar-refractivity contribution in [2.45, 2.75) is 39.3 Å². The number of nitrogens with one attached hydrogen (secondary N) is 1. The Bertz CT molecular complexity index is 939. The van der Waals surface area contributed by atoms with Gasteiger partial charge in [0.25, 0.3) is 5.91 Å². The van der Waals surface area contributed by atoms with Crippen molar-refractivity contribution in [3.05, 3.63) is 65.7 Å². The summed E-state index contributed by atoms with van der Waals surface area (Å²) in [6.07, 6.45) is 1.25. The number of amides is 2. The normalized spacial score (nSPS) is 23.8. The van der Waals surface area contributed by atoms with E-state index in [0.29, 0.717) is 36.2 Å². The number of benzene rings is 2. The number of carbonyl (C=O) groups is 2. The molecule has 3 atom stereocenters. The van der Waals surface area contributed by atoms with Gasteiger partial charge in [-0.25, -0.2) is 0 Å². The first-order valence-corrected chi connectivity index (χ1v) is 12.0. The fraction of sp³-hybridized carbons (Fsp3) is 0.481. The summed E-state index contributed by atoms with van der Waals surface area (Å²) in [5, 5.41) is 2.98. The predicted octanol–water partition coefficient (Wildman–Crippen LogP) is 4.03. The van der Waals surface area contributed by atoms with Gasteiger partial charge in [0.15, 0.2) is 0 Å². The molecule has 2 aliphatic heterocycles. The monoisotopic (exact) mass is 449 g/mol. The van der Waals surface area contributed by atoms with Gasteiger partial charge in [-0.3, -0.25) is 14.5 Å². The molecule has 2 fully saturated rings. The number of rotatable bonds is 6. The summed E-state index contributed by atoms with van der Waals surface area (Å²) in [5.41, 5.74) is 2.40. The summed E-state index contributed by atoms with van der Waals surface area (Å²) in [6.45, 7) is 8.95.